The van der Waals surface area contributed by atoms with Crippen LogP contribution in [0.1, 0.15) is 17.5 Å². The van der Waals surface area contributed by atoms with Gasteiger partial charge in [0.25, 0.3) is 0 Å². The van der Waals surface area contributed by atoms with Crippen LogP contribution in [0.25, 0.3) is 0 Å². The number of nitrogens with one attached hydrogen (secondary N) is 1. The molecule has 1 amide bonds. The molecule has 0 heterocycles. The summed E-state index contributed by atoms with van der Waals surface area (Å²) < 4.78 is 40.5. The Morgan fingerprint density at radius 1 is 1.25 bits per heavy atom. The van der Waals surface area contributed by atoms with E-state index in [9.17, 15) is 23.1 Å². The van der Waals surface area contributed by atoms with E-state index in [0.29, 0.717) is 24.2 Å². The van der Waals surface area contributed by atoms with Crippen molar-refractivity contribution in [2.24, 2.45) is 0 Å². The molecule has 8 heteroatoms. The summed E-state index contributed by atoms with van der Waals surface area (Å²) in [5.41, 5.74) is 3.33. The van der Waals surface area contributed by atoms with Crippen LogP contribution >= 0.6 is 0 Å². The zero-order chi connectivity index (χ0) is 20.3. The molecule has 2 aromatic carbocycles. The number of ether oxygens (including phenoxy) is 1. The van der Waals surface area contributed by atoms with Crippen molar-refractivity contribution >= 4 is 17.3 Å². The number of anilines is 2. The lowest BCUT2D eigenvalue weighted by molar-refractivity contribution is -0.274. The molecule has 0 radical (unpaired) electrons. The lowest BCUT2D eigenvalue weighted by Gasteiger charge is -2.24. The van der Waals surface area contributed by atoms with Gasteiger partial charge in [-0.05, 0) is 54.3 Å². The average Bonchev–Trinajstić information content (AvgIpc) is 2.61. The van der Waals surface area contributed by atoms with E-state index in [1.165, 1.54) is 24.3 Å². The Morgan fingerprint density at radius 2 is 1.96 bits per heavy atom. The van der Waals surface area contributed by atoms with Gasteiger partial charge in [-0.25, -0.2) is 0 Å². The molecule has 0 bridgehead atoms. The molecule has 0 fully saturated rings. The first-order valence-corrected chi connectivity index (χ1v) is 8.87. The van der Waals surface area contributed by atoms with Gasteiger partial charge in [0.2, 0.25) is 5.91 Å². The lowest BCUT2D eigenvalue weighted by Crippen LogP contribution is -2.31. The minimum Gasteiger partial charge on any atom is -0.406 e. The van der Waals surface area contributed by atoms with E-state index in [0.717, 1.165) is 17.5 Å². The summed E-state index contributed by atoms with van der Waals surface area (Å²) in [5, 5.41) is 12.8. The number of amides is 1. The molecule has 0 saturated carbocycles. The molecule has 0 aromatic heterocycles. The fourth-order valence-electron chi connectivity index (χ4n) is 3.29. The molecular formula is C20H21F3N2O3. The molecular weight excluding hydrogens is 373 g/mol. The van der Waals surface area contributed by atoms with Crippen molar-refractivity contribution < 1.29 is 27.8 Å². The average molecular weight is 394 g/mol. The Morgan fingerprint density at radius 3 is 2.64 bits per heavy atom. The Bertz CT molecular complexity index is 838. The Hall–Kier alpha value is -2.74. The van der Waals surface area contributed by atoms with E-state index in [4.69, 9.17) is 0 Å². The van der Waals surface area contributed by atoms with Gasteiger partial charge in [-0.3, -0.25) is 4.79 Å². The number of nitrogens with zero attached hydrogens (tertiary/aromatic N) is 1. The van der Waals surface area contributed by atoms with Gasteiger partial charge >= 0.3 is 6.36 Å². The molecule has 3 rings (SSSR count). The maximum atomic E-state index is 12.4. The van der Waals surface area contributed by atoms with Crippen LogP contribution in [0.3, 0.4) is 0 Å². The highest BCUT2D eigenvalue weighted by Crippen LogP contribution is 2.28. The minimum atomic E-state index is -4.74. The third-order valence-electron chi connectivity index (χ3n) is 4.63. The second-order valence-corrected chi connectivity index (χ2v) is 6.79. The SMILES string of the molecule is CN(CC(=O)Nc1cccc2c1C[C@H](O)CC2)c1ccc(OC(F)(F)F)cc1. The highest BCUT2D eigenvalue weighted by Gasteiger charge is 2.31. The quantitative estimate of drug-likeness (QED) is 0.815. The number of rotatable bonds is 5. The van der Waals surface area contributed by atoms with Gasteiger partial charge < -0.3 is 20.1 Å². The number of hydrogen-bond donors (Lipinski definition) is 2. The molecule has 0 spiro atoms. The van der Waals surface area contributed by atoms with Gasteiger partial charge in [-0.15, -0.1) is 13.2 Å². The Labute approximate surface area is 160 Å². The van der Waals surface area contributed by atoms with Crippen LogP contribution in [0.5, 0.6) is 5.75 Å². The summed E-state index contributed by atoms with van der Waals surface area (Å²) in [6.07, 6.45) is -3.17. The van der Waals surface area contributed by atoms with Gasteiger partial charge in [0, 0.05) is 24.8 Å². The van der Waals surface area contributed by atoms with Crippen LogP contribution in [-0.2, 0) is 17.6 Å². The van der Waals surface area contributed by atoms with Gasteiger partial charge in [0.15, 0.2) is 0 Å². The van der Waals surface area contributed by atoms with Crippen molar-refractivity contribution in [3.05, 3.63) is 53.6 Å². The van der Waals surface area contributed by atoms with Crippen molar-refractivity contribution in [3.8, 4) is 5.75 Å². The third kappa shape index (κ3) is 5.16. The van der Waals surface area contributed by atoms with Crippen LogP contribution in [-0.4, -0.2) is 37.1 Å². The summed E-state index contributed by atoms with van der Waals surface area (Å²) in [6.45, 7) is 0.0195. The topological polar surface area (TPSA) is 61.8 Å². The van der Waals surface area contributed by atoms with Crippen LogP contribution in [0, 0.1) is 0 Å². The highest BCUT2D eigenvalue weighted by atomic mass is 19.4. The van der Waals surface area contributed by atoms with Gasteiger partial charge in [0.05, 0.1) is 12.6 Å². The second-order valence-electron chi connectivity index (χ2n) is 6.79. The highest BCUT2D eigenvalue weighted by molar-refractivity contribution is 5.95. The monoisotopic (exact) mass is 394 g/mol. The van der Waals surface area contributed by atoms with Crippen LogP contribution in [0.4, 0.5) is 24.5 Å². The van der Waals surface area contributed by atoms with E-state index in [2.05, 4.69) is 10.1 Å². The first-order chi connectivity index (χ1) is 13.2. The first-order valence-electron chi connectivity index (χ1n) is 8.87. The maximum Gasteiger partial charge on any atom is 0.573 e. The smallest absolute Gasteiger partial charge is 0.406 e. The number of alkyl halides is 3. The number of fused-ring (bicyclic) bond motifs is 1. The standard InChI is InChI=1S/C20H21F3N2O3/c1-25(14-6-9-16(10-7-14)28-20(21,22)23)12-19(27)24-18-4-2-3-13-5-8-15(26)11-17(13)18/h2-4,6-7,9-10,15,26H,5,8,11-12H2,1H3,(H,24,27)/t15-/m1/s1. The number of likely N-dealkylation sites (N-methyl/N-ethyl adjacent to an activating group) is 1. The molecule has 0 saturated heterocycles. The van der Waals surface area contributed by atoms with Crippen LogP contribution < -0.4 is 15.0 Å². The number of aryl methyl sites for hydroxylation is 1. The normalized spacial score (nSPS) is 16.2. The van der Waals surface area contributed by atoms with E-state index < -0.39 is 12.5 Å². The van der Waals surface area contributed by atoms with Gasteiger partial charge in [0.1, 0.15) is 5.75 Å². The molecule has 0 unspecified atom stereocenters. The first kappa shape index (κ1) is 20.0. The van der Waals surface area contributed by atoms with Crippen molar-refractivity contribution in [2.75, 3.05) is 23.8 Å². The molecule has 1 aliphatic rings. The number of aliphatic hydroxyl groups is 1. The summed E-state index contributed by atoms with van der Waals surface area (Å²) in [5.74, 6) is -0.574. The zero-order valence-electron chi connectivity index (χ0n) is 15.3. The van der Waals surface area contributed by atoms with Crippen molar-refractivity contribution in [1.82, 2.24) is 0 Å². The maximum absolute atomic E-state index is 12.4. The fourth-order valence-corrected chi connectivity index (χ4v) is 3.29. The number of carbonyl (C=O) groups is 1. The third-order valence-corrected chi connectivity index (χ3v) is 4.63. The fraction of sp³-hybridized carbons (Fsp3) is 0.350. The molecule has 2 N–H and O–H groups in total. The van der Waals surface area contributed by atoms with Crippen molar-refractivity contribution in [3.63, 3.8) is 0 Å². The van der Waals surface area contributed by atoms with E-state index in [1.54, 1.807) is 18.0 Å². The van der Waals surface area contributed by atoms with E-state index in [1.807, 2.05) is 12.1 Å². The largest absolute Gasteiger partial charge is 0.573 e. The summed E-state index contributed by atoms with van der Waals surface area (Å²) in [6, 6.07) is 11.0. The second kappa shape index (κ2) is 8.10. The lowest BCUT2D eigenvalue weighted by atomic mass is 9.88. The van der Waals surface area contributed by atoms with Crippen LogP contribution in [0.2, 0.25) is 0 Å². The molecule has 150 valence electrons. The summed E-state index contributed by atoms with van der Waals surface area (Å²) in [7, 11) is 1.67. The predicted octanol–water partition coefficient (Wildman–Crippen LogP) is 3.51. The number of aliphatic hydroxyl groups excluding tert-OH is 1. The number of halogens is 3. The molecule has 1 aliphatic carbocycles. The molecule has 28 heavy (non-hydrogen) atoms. The molecule has 0 aliphatic heterocycles. The minimum absolute atomic E-state index is 0.0195. The van der Waals surface area contributed by atoms with Crippen LogP contribution in [0.15, 0.2) is 42.5 Å². The summed E-state index contributed by atoms with van der Waals surface area (Å²) in [4.78, 5) is 14.1. The van der Waals surface area contributed by atoms with Crippen molar-refractivity contribution in [1.29, 1.82) is 0 Å². The molecule has 2 aromatic rings. The van der Waals surface area contributed by atoms with Gasteiger partial charge in [-0.1, -0.05) is 12.1 Å². The predicted molar refractivity (Wildman–Crippen MR) is 99.5 cm³/mol. The number of benzene rings is 2. The molecule has 1 atom stereocenters. The van der Waals surface area contributed by atoms with Gasteiger partial charge in [-0.2, -0.15) is 0 Å². The van der Waals surface area contributed by atoms with E-state index in [-0.39, 0.29) is 18.2 Å². The summed E-state index contributed by atoms with van der Waals surface area (Å²) >= 11 is 0. The molecule has 5 nitrogen and oxygen atoms in total. The van der Waals surface area contributed by atoms with Crippen molar-refractivity contribution in [2.45, 2.75) is 31.7 Å². The van der Waals surface area contributed by atoms with E-state index >= 15 is 0 Å². The Balaban J connectivity index is 1.62. The number of hydrogen-bond acceptors (Lipinski definition) is 4. The Kier molecular flexibility index (Phi) is 5.79. The zero-order valence-corrected chi connectivity index (χ0v) is 15.3. The number of carbonyl (C=O) groups excluding carboxylic acids is 1.